The van der Waals surface area contributed by atoms with Crippen LogP contribution in [0.5, 0.6) is 0 Å². The van der Waals surface area contributed by atoms with E-state index in [2.05, 4.69) is 20.5 Å². The van der Waals surface area contributed by atoms with Crippen molar-refractivity contribution in [1.82, 2.24) is 15.2 Å². The molecular formula is C19H14N4O2S. The number of thioether (sulfide) groups is 1. The van der Waals surface area contributed by atoms with Crippen LogP contribution in [0.2, 0.25) is 0 Å². The Balaban J connectivity index is 1.41. The SMILES string of the molecule is O=C(CSc1nnc(-c2cccnc2)o1)Nc1cccc2ccccc12. The number of rotatable bonds is 5. The van der Waals surface area contributed by atoms with Crippen LogP contribution < -0.4 is 5.32 Å². The fourth-order valence-corrected chi connectivity index (χ4v) is 3.09. The Bertz CT molecular complexity index is 1040. The van der Waals surface area contributed by atoms with Crippen molar-refractivity contribution in [2.45, 2.75) is 5.22 Å². The normalized spacial score (nSPS) is 10.8. The van der Waals surface area contributed by atoms with Crippen molar-refractivity contribution >= 4 is 34.1 Å². The minimum atomic E-state index is -0.132. The van der Waals surface area contributed by atoms with E-state index in [0.29, 0.717) is 11.1 Å². The predicted octanol–water partition coefficient (Wildman–Crippen LogP) is 4.02. The fourth-order valence-electron chi connectivity index (χ4n) is 2.52. The second-order valence-electron chi connectivity index (χ2n) is 5.48. The van der Waals surface area contributed by atoms with Gasteiger partial charge in [0.05, 0.1) is 11.3 Å². The lowest BCUT2D eigenvalue weighted by atomic mass is 10.1. The Morgan fingerprint density at radius 3 is 2.81 bits per heavy atom. The number of amides is 1. The molecular weight excluding hydrogens is 348 g/mol. The average molecular weight is 362 g/mol. The summed E-state index contributed by atoms with van der Waals surface area (Å²) in [5.74, 6) is 0.431. The highest BCUT2D eigenvalue weighted by atomic mass is 32.2. The minimum Gasteiger partial charge on any atom is -0.411 e. The van der Waals surface area contributed by atoms with E-state index in [0.717, 1.165) is 22.0 Å². The van der Waals surface area contributed by atoms with E-state index in [1.807, 2.05) is 48.5 Å². The van der Waals surface area contributed by atoms with Crippen LogP contribution in [0.3, 0.4) is 0 Å². The number of aromatic nitrogens is 3. The third-order valence-electron chi connectivity index (χ3n) is 3.71. The molecule has 128 valence electrons. The molecule has 2 aromatic heterocycles. The van der Waals surface area contributed by atoms with Crippen LogP contribution in [0.15, 0.2) is 76.6 Å². The summed E-state index contributed by atoms with van der Waals surface area (Å²) in [7, 11) is 0. The van der Waals surface area contributed by atoms with Gasteiger partial charge < -0.3 is 9.73 Å². The number of hydrogen-bond donors (Lipinski definition) is 1. The molecule has 0 radical (unpaired) electrons. The smallest absolute Gasteiger partial charge is 0.277 e. The van der Waals surface area contributed by atoms with Gasteiger partial charge in [0.2, 0.25) is 11.8 Å². The second kappa shape index (κ2) is 7.37. The molecule has 4 rings (SSSR count). The molecule has 1 amide bonds. The van der Waals surface area contributed by atoms with Crippen molar-refractivity contribution in [2.75, 3.05) is 11.1 Å². The van der Waals surface area contributed by atoms with Crippen LogP contribution in [0.1, 0.15) is 0 Å². The lowest BCUT2D eigenvalue weighted by molar-refractivity contribution is -0.113. The maximum absolute atomic E-state index is 12.3. The molecule has 2 aromatic carbocycles. The van der Waals surface area contributed by atoms with Crippen molar-refractivity contribution in [3.63, 3.8) is 0 Å². The minimum absolute atomic E-state index is 0.132. The fraction of sp³-hybridized carbons (Fsp3) is 0.0526. The summed E-state index contributed by atoms with van der Waals surface area (Å²) in [6.45, 7) is 0. The van der Waals surface area contributed by atoms with Crippen LogP contribution in [0, 0.1) is 0 Å². The summed E-state index contributed by atoms with van der Waals surface area (Å²) in [4.78, 5) is 16.3. The molecule has 2 heterocycles. The van der Waals surface area contributed by atoms with Gasteiger partial charge in [0.1, 0.15) is 0 Å². The van der Waals surface area contributed by atoms with Gasteiger partial charge in [-0.05, 0) is 23.6 Å². The zero-order valence-electron chi connectivity index (χ0n) is 13.6. The number of anilines is 1. The summed E-state index contributed by atoms with van der Waals surface area (Å²) in [5.41, 5.74) is 1.53. The Hall–Kier alpha value is -3.19. The van der Waals surface area contributed by atoms with E-state index in [1.165, 1.54) is 11.8 Å². The topological polar surface area (TPSA) is 80.9 Å². The Labute approximate surface area is 153 Å². The summed E-state index contributed by atoms with van der Waals surface area (Å²) in [5, 5.41) is 13.3. The maximum atomic E-state index is 12.3. The summed E-state index contributed by atoms with van der Waals surface area (Å²) in [6, 6.07) is 17.4. The van der Waals surface area contributed by atoms with E-state index in [-0.39, 0.29) is 11.7 Å². The zero-order valence-corrected chi connectivity index (χ0v) is 14.4. The quantitative estimate of drug-likeness (QED) is 0.540. The summed E-state index contributed by atoms with van der Waals surface area (Å²) >= 11 is 1.20. The number of carbonyl (C=O) groups is 1. The molecule has 26 heavy (non-hydrogen) atoms. The molecule has 0 fully saturated rings. The van der Waals surface area contributed by atoms with Gasteiger partial charge in [-0.15, -0.1) is 10.2 Å². The highest BCUT2D eigenvalue weighted by molar-refractivity contribution is 7.99. The van der Waals surface area contributed by atoms with Crippen LogP contribution >= 0.6 is 11.8 Å². The van der Waals surface area contributed by atoms with Crippen LogP contribution in [-0.2, 0) is 4.79 Å². The predicted molar refractivity (Wildman–Crippen MR) is 101 cm³/mol. The molecule has 0 atom stereocenters. The van der Waals surface area contributed by atoms with E-state index < -0.39 is 0 Å². The van der Waals surface area contributed by atoms with Crippen molar-refractivity contribution in [3.8, 4) is 11.5 Å². The highest BCUT2D eigenvalue weighted by Gasteiger charge is 2.12. The maximum Gasteiger partial charge on any atom is 0.277 e. The number of nitrogens with zero attached hydrogens (tertiary/aromatic N) is 3. The molecule has 4 aromatic rings. The van der Waals surface area contributed by atoms with Gasteiger partial charge in [0.25, 0.3) is 5.22 Å². The largest absolute Gasteiger partial charge is 0.411 e. The number of nitrogens with one attached hydrogen (secondary N) is 1. The molecule has 1 N–H and O–H groups in total. The third kappa shape index (κ3) is 3.57. The Morgan fingerprint density at radius 2 is 1.92 bits per heavy atom. The van der Waals surface area contributed by atoms with Crippen molar-refractivity contribution < 1.29 is 9.21 Å². The second-order valence-corrected chi connectivity index (χ2v) is 6.40. The molecule has 0 unspecified atom stereocenters. The number of hydrogen-bond acceptors (Lipinski definition) is 6. The van der Waals surface area contributed by atoms with Gasteiger partial charge in [-0.2, -0.15) is 0 Å². The van der Waals surface area contributed by atoms with Gasteiger partial charge in [0, 0.05) is 23.5 Å². The van der Waals surface area contributed by atoms with E-state index >= 15 is 0 Å². The summed E-state index contributed by atoms with van der Waals surface area (Å²) in [6.07, 6.45) is 3.32. The Kier molecular flexibility index (Phi) is 4.61. The van der Waals surface area contributed by atoms with Gasteiger partial charge >= 0.3 is 0 Å². The molecule has 0 saturated heterocycles. The number of benzene rings is 2. The summed E-state index contributed by atoms with van der Waals surface area (Å²) < 4.78 is 5.56. The third-order valence-corrected chi connectivity index (χ3v) is 4.52. The molecule has 6 nitrogen and oxygen atoms in total. The lowest BCUT2D eigenvalue weighted by Crippen LogP contribution is -2.14. The standard InChI is InChI=1S/C19H14N4O2S/c24-17(21-16-9-3-6-13-5-1-2-8-15(13)16)12-26-19-23-22-18(25-19)14-7-4-10-20-11-14/h1-11H,12H2,(H,21,24). The molecule has 0 aliphatic heterocycles. The van der Waals surface area contributed by atoms with E-state index in [4.69, 9.17) is 4.42 Å². The van der Waals surface area contributed by atoms with Crippen LogP contribution in [0.25, 0.3) is 22.2 Å². The number of pyridine rings is 1. The lowest BCUT2D eigenvalue weighted by Gasteiger charge is -2.07. The monoisotopic (exact) mass is 362 g/mol. The van der Waals surface area contributed by atoms with E-state index in [9.17, 15) is 4.79 Å². The number of fused-ring (bicyclic) bond motifs is 1. The zero-order chi connectivity index (χ0) is 17.8. The first-order valence-electron chi connectivity index (χ1n) is 7.94. The first-order chi connectivity index (χ1) is 12.8. The molecule has 7 heteroatoms. The molecule has 0 spiro atoms. The molecule has 0 aliphatic rings. The average Bonchev–Trinajstić information content (AvgIpc) is 3.17. The van der Waals surface area contributed by atoms with Crippen LogP contribution in [-0.4, -0.2) is 26.8 Å². The molecule has 0 aliphatic carbocycles. The number of carbonyl (C=O) groups excluding carboxylic acids is 1. The molecule has 0 saturated carbocycles. The highest BCUT2D eigenvalue weighted by Crippen LogP contribution is 2.25. The first-order valence-corrected chi connectivity index (χ1v) is 8.92. The van der Waals surface area contributed by atoms with Crippen molar-refractivity contribution in [3.05, 3.63) is 67.0 Å². The van der Waals surface area contributed by atoms with Gasteiger partial charge in [-0.25, -0.2) is 0 Å². The van der Waals surface area contributed by atoms with Crippen molar-refractivity contribution in [2.24, 2.45) is 0 Å². The Morgan fingerprint density at radius 1 is 1.04 bits per heavy atom. The first kappa shape index (κ1) is 16.3. The van der Waals surface area contributed by atoms with Gasteiger partial charge in [-0.1, -0.05) is 48.2 Å². The molecule has 0 bridgehead atoms. The van der Waals surface area contributed by atoms with Crippen molar-refractivity contribution in [1.29, 1.82) is 0 Å². The van der Waals surface area contributed by atoms with Gasteiger partial charge in [0.15, 0.2) is 0 Å². The van der Waals surface area contributed by atoms with Crippen LogP contribution in [0.4, 0.5) is 5.69 Å². The van der Waals surface area contributed by atoms with Gasteiger partial charge in [-0.3, -0.25) is 9.78 Å². The van der Waals surface area contributed by atoms with E-state index in [1.54, 1.807) is 18.5 Å².